The second-order valence-corrected chi connectivity index (χ2v) is 6.65. The van der Waals surface area contributed by atoms with Crippen molar-refractivity contribution in [1.29, 1.82) is 0 Å². The van der Waals surface area contributed by atoms with Crippen molar-refractivity contribution >= 4 is 5.97 Å². The fourth-order valence-corrected chi connectivity index (χ4v) is 3.07. The van der Waals surface area contributed by atoms with Gasteiger partial charge >= 0.3 is 5.97 Å². The number of phenolic OH excluding ortho intramolecular Hbond substituents is 1. The lowest BCUT2D eigenvalue weighted by molar-refractivity contribution is -0.268. The third-order valence-electron chi connectivity index (χ3n) is 4.20. The highest BCUT2D eigenvalue weighted by atomic mass is 16.4. The summed E-state index contributed by atoms with van der Waals surface area (Å²) < 4.78 is 0. The number of hydrogen-bond acceptors (Lipinski definition) is 4. The van der Waals surface area contributed by atoms with Crippen LogP contribution in [0, 0.1) is 5.92 Å². The molecule has 0 unspecified atom stereocenters. The Balaban J connectivity index is 0.000000289. The Hall–Kier alpha value is -2.53. The number of aromatic hydroxyl groups is 1. The maximum Gasteiger partial charge on any atom is 0.335 e. The summed E-state index contributed by atoms with van der Waals surface area (Å²) in [6, 6.07) is 13.2. The maximum atomic E-state index is 10.7. The molecule has 2 aromatic rings. The summed E-state index contributed by atoms with van der Waals surface area (Å²) in [5, 5.41) is 28.6. The molecule has 0 aromatic heterocycles. The molecular weight excluding hydrogens is 330 g/mol. The van der Waals surface area contributed by atoms with Crippen molar-refractivity contribution in [3.63, 3.8) is 0 Å². The van der Waals surface area contributed by atoms with E-state index in [1.54, 1.807) is 6.07 Å². The largest absolute Gasteiger partial charge is 0.872 e. The molecule has 0 saturated carbocycles. The summed E-state index contributed by atoms with van der Waals surface area (Å²) >= 11 is 0. The molecular formula is C21H28NO4-. The normalized spacial score (nSPS) is 12.8. The van der Waals surface area contributed by atoms with Crippen LogP contribution < -0.4 is 5.11 Å². The van der Waals surface area contributed by atoms with Crippen molar-refractivity contribution < 1.29 is 20.1 Å². The van der Waals surface area contributed by atoms with E-state index in [9.17, 15) is 15.0 Å². The first-order valence-electron chi connectivity index (χ1n) is 8.69. The summed E-state index contributed by atoms with van der Waals surface area (Å²) in [5.74, 6) is -0.134. The summed E-state index contributed by atoms with van der Waals surface area (Å²) in [4.78, 5) is 12.4. The molecule has 2 N–H and O–H groups in total. The van der Waals surface area contributed by atoms with Crippen LogP contribution in [0.3, 0.4) is 0 Å². The number of carbonyl (C=O) groups is 1. The van der Waals surface area contributed by atoms with Gasteiger partial charge in [-0.15, -0.1) is 0 Å². The average Bonchev–Trinajstić information content (AvgIpc) is 2.55. The lowest BCUT2D eigenvalue weighted by Crippen LogP contribution is -2.24. The number of hydrogen-bond donors (Lipinski definition) is 2. The molecule has 0 aliphatic carbocycles. The van der Waals surface area contributed by atoms with Gasteiger partial charge in [0.05, 0.1) is 5.56 Å². The highest BCUT2D eigenvalue weighted by molar-refractivity contribution is 5.90. The van der Waals surface area contributed by atoms with Gasteiger partial charge in [0.2, 0.25) is 0 Å². The number of aromatic carboxylic acids is 1. The fourth-order valence-electron chi connectivity index (χ4n) is 3.07. The van der Waals surface area contributed by atoms with Gasteiger partial charge in [0.1, 0.15) is 5.75 Å². The summed E-state index contributed by atoms with van der Waals surface area (Å²) in [6.07, 6.45) is 1.11. The SMILES string of the molecule is CC[C@@H](c1cccc(O)c1)[C@@H](C)CN(C)C.O=C(O)c1ccccc1[O-]. The van der Waals surface area contributed by atoms with E-state index in [0.717, 1.165) is 13.0 Å². The Labute approximate surface area is 155 Å². The van der Waals surface area contributed by atoms with Crippen molar-refractivity contribution in [2.45, 2.75) is 26.2 Å². The number of para-hydroxylation sites is 1. The predicted octanol–water partition coefficient (Wildman–Crippen LogP) is 3.54. The summed E-state index contributed by atoms with van der Waals surface area (Å²) in [7, 11) is 4.21. The molecule has 2 aromatic carbocycles. The van der Waals surface area contributed by atoms with E-state index in [1.165, 1.54) is 29.8 Å². The first kappa shape index (κ1) is 21.5. The van der Waals surface area contributed by atoms with Crippen molar-refractivity contribution in [2.24, 2.45) is 5.92 Å². The fraction of sp³-hybridized carbons (Fsp3) is 0.381. The molecule has 0 heterocycles. The number of rotatable bonds is 6. The Morgan fingerprint density at radius 2 is 1.81 bits per heavy atom. The van der Waals surface area contributed by atoms with Gasteiger partial charge < -0.3 is 20.2 Å². The molecule has 0 amide bonds. The Kier molecular flexibility index (Phi) is 8.65. The molecule has 0 radical (unpaired) electrons. The van der Waals surface area contributed by atoms with Gasteiger partial charge in [-0.2, -0.15) is 0 Å². The molecule has 26 heavy (non-hydrogen) atoms. The Bertz CT molecular complexity index is 700. The molecule has 0 saturated heterocycles. The molecule has 2 rings (SSSR count). The van der Waals surface area contributed by atoms with Gasteiger partial charge in [0.25, 0.3) is 0 Å². The highest BCUT2D eigenvalue weighted by Crippen LogP contribution is 2.30. The predicted molar refractivity (Wildman–Crippen MR) is 102 cm³/mol. The summed E-state index contributed by atoms with van der Waals surface area (Å²) in [6.45, 7) is 5.56. The second kappa shape index (κ2) is 10.5. The van der Waals surface area contributed by atoms with E-state index in [1.807, 2.05) is 12.1 Å². The lowest BCUT2D eigenvalue weighted by atomic mass is 9.85. The van der Waals surface area contributed by atoms with E-state index in [-0.39, 0.29) is 5.56 Å². The van der Waals surface area contributed by atoms with Crippen LogP contribution in [0.25, 0.3) is 0 Å². The molecule has 142 valence electrons. The maximum absolute atomic E-state index is 10.7. The smallest absolute Gasteiger partial charge is 0.335 e. The van der Waals surface area contributed by atoms with Crippen LogP contribution in [0.15, 0.2) is 48.5 Å². The molecule has 2 atom stereocenters. The molecule has 5 heteroatoms. The number of phenols is 1. The topological polar surface area (TPSA) is 83.8 Å². The third-order valence-corrected chi connectivity index (χ3v) is 4.20. The van der Waals surface area contributed by atoms with E-state index in [2.05, 4.69) is 38.9 Å². The van der Waals surface area contributed by atoms with Crippen molar-refractivity contribution in [1.82, 2.24) is 4.90 Å². The van der Waals surface area contributed by atoms with Crippen LogP contribution in [-0.2, 0) is 0 Å². The number of carboxylic acid groups (broad SMARTS) is 1. The van der Waals surface area contributed by atoms with E-state index in [4.69, 9.17) is 5.11 Å². The van der Waals surface area contributed by atoms with Crippen LogP contribution >= 0.6 is 0 Å². The minimum Gasteiger partial charge on any atom is -0.872 e. The Morgan fingerprint density at radius 1 is 1.15 bits per heavy atom. The van der Waals surface area contributed by atoms with Gasteiger partial charge in [-0.1, -0.05) is 49.9 Å². The van der Waals surface area contributed by atoms with E-state index >= 15 is 0 Å². The monoisotopic (exact) mass is 358 g/mol. The molecule has 5 nitrogen and oxygen atoms in total. The zero-order valence-electron chi connectivity index (χ0n) is 15.8. The van der Waals surface area contributed by atoms with Gasteiger partial charge in [-0.05, 0) is 56.1 Å². The third kappa shape index (κ3) is 6.76. The Morgan fingerprint density at radius 3 is 2.27 bits per heavy atom. The molecule has 0 aliphatic heterocycles. The van der Waals surface area contributed by atoms with Crippen molar-refractivity contribution in [3.05, 3.63) is 59.7 Å². The van der Waals surface area contributed by atoms with Crippen LogP contribution in [0.1, 0.15) is 42.1 Å². The van der Waals surface area contributed by atoms with Crippen LogP contribution in [-0.4, -0.2) is 41.7 Å². The van der Waals surface area contributed by atoms with Gasteiger partial charge in [0.15, 0.2) is 0 Å². The van der Waals surface area contributed by atoms with Gasteiger partial charge in [-0.25, -0.2) is 4.79 Å². The minimum absolute atomic E-state index is 0.178. The zero-order valence-corrected chi connectivity index (χ0v) is 15.8. The number of benzene rings is 2. The summed E-state index contributed by atoms with van der Waals surface area (Å²) in [5.41, 5.74) is 1.07. The van der Waals surface area contributed by atoms with Crippen molar-refractivity contribution in [2.75, 3.05) is 20.6 Å². The second-order valence-electron chi connectivity index (χ2n) is 6.65. The number of nitrogens with zero attached hydrogens (tertiary/aromatic N) is 1. The minimum atomic E-state index is -1.18. The molecule has 0 spiro atoms. The highest BCUT2D eigenvalue weighted by Gasteiger charge is 2.18. The average molecular weight is 358 g/mol. The van der Waals surface area contributed by atoms with Crippen LogP contribution in [0.2, 0.25) is 0 Å². The molecule has 0 fully saturated rings. The first-order chi connectivity index (χ1) is 12.3. The van der Waals surface area contributed by atoms with Crippen LogP contribution in [0.5, 0.6) is 11.5 Å². The van der Waals surface area contributed by atoms with Gasteiger partial charge in [0, 0.05) is 6.54 Å². The lowest BCUT2D eigenvalue weighted by Gasteiger charge is -2.26. The molecule has 0 bridgehead atoms. The number of carboxylic acids is 1. The zero-order chi connectivity index (χ0) is 19.7. The van der Waals surface area contributed by atoms with Crippen molar-refractivity contribution in [3.8, 4) is 11.5 Å². The quantitative estimate of drug-likeness (QED) is 0.825. The van der Waals surface area contributed by atoms with Crippen LogP contribution in [0.4, 0.5) is 0 Å². The first-order valence-corrected chi connectivity index (χ1v) is 8.69. The van der Waals surface area contributed by atoms with Gasteiger partial charge in [-0.3, -0.25) is 0 Å². The van der Waals surface area contributed by atoms with E-state index in [0.29, 0.717) is 17.6 Å². The van der Waals surface area contributed by atoms with E-state index < -0.39 is 11.7 Å². The molecule has 0 aliphatic rings. The standard InChI is InChI=1S/C14H23NO.C7H6O3/c1-5-14(11(2)10-15(3)4)12-7-6-8-13(16)9-12;8-6-4-2-1-3-5(6)7(9)10/h6-9,11,14,16H,5,10H2,1-4H3;1-4,8H,(H,9,10)/p-1/t11-,14+;/m0./s1.